The Morgan fingerprint density at radius 3 is 2.80 bits per heavy atom. The molecule has 1 amide bonds. The molecule has 1 aliphatic heterocycles. The number of carbonyl (C=O) groups excluding carboxylic acids is 1. The van der Waals surface area contributed by atoms with Crippen LogP contribution in [0, 0.1) is 0 Å². The van der Waals surface area contributed by atoms with Crippen LogP contribution in [0.15, 0.2) is 18.2 Å². The minimum Gasteiger partial charge on any atom is -0.506 e. The van der Waals surface area contributed by atoms with Crippen LogP contribution in [0.25, 0.3) is 0 Å². The minimum atomic E-state index is -3.34. The van der Waals surface area contributed by atoms with Crippen LogP contribution in [0.2, 0.25) is 5.02 Å². The standard InChI is InChI=1S/C12H14ClNO4S2/c1-20(17,18)11-7-19-5-4-14(11)12(16)8-2-3-10(15)9(13)6-8/h2-3,6,11,15H,4-5,7H2,1H3. The molecular formula is C12H14ClNO4S2. The van der Waals surface area contributed by atoms with Crippen molar-refractivity contribution in [2.75, 3.05) is 24.3 Å². The fourth-order valence-electron chi connectivity index (χ4n) is 1.97. The summed E-state index contributed by atoms with van der Waals surface area (Å²) in [7, 11) is -3.34. The summed E-state index contributed by atoms with van der Waals surface area (Å²) >= 11 is 7.29. The van der Waals surface area contributed by atoms with Crippen molar-refractivity contribution < 1.29 is 18.3 Å². The predicted octanol–water partition coefficient (Wildman–Crippen LogP) is 1.61. The van der Waals surface area contributed by atoms with Crippen molar-refractivity contribution >= 4 is 39.1 Å². The smallest absolute Gasteiger partial charge is 0.255 e. The molecule has 1 aliphatic rings. The Morgan fingerprint density at radius 1 is 1.50 bits per heavy atom. The monoisotopic (exact) mass is 335 g/mol. The number of amides is 1. The number of hydrogen-bond donors (Lipinski definition) is 1. The Hall–Kier alpha value is -0.920. The Morgan fingerprint density at radius 2 is 2.20 bits per heavy atom. The molecule has 20 heavy (non-hydrogen) atoms. The van der Waals surface area contributed by atoms with Crippen LogP contribution in [0.5, 0.6) is 5.75 Å². The van der Waals surface area contributed by atoms with Crippen molar-refractivity contribution in [2.24, 2.45) is 0 Å². The van der Waals surface area contributed by atoms with Gasteiger partial charge in [0.15, 0.2) is 9.84 Å². The van der Waals surface area contributed by atoms with Gasteiger partial charge in [-0.15, -0.1) is 0 Å². The summed E-state index contributed by atoms with van der Waals surface area (Å²) in [5.41, 5.74) is 0.272. The summed E-state index contributed by atoms with van der Waals surface area (Å²) in [6, 6.07) is 4.11. The fraction of sp³-hybridized carbons (Fsp3) is 0.417. The number of phenolic OH excluding ortho intramolecular Hbond substituents is 1. The third-order valence-corrected chi connectivity index (χ3v) is 5.98. The van der Waals surface area contributed by atoms with Crippen LogP contribution in [0.3, 0.4) is 0 Å². The summed E-state index contributed by atoms with van der Waals surface area (Å²) in [6.45, 7) is 0.375. The molecular weight excluding hydrogens is 322 g/mol. The predicted molar refractivity (Wildman–Crippen MR) is 80.1 cm³/mol. The van der Waals surface area contributed by atoms with E-state index in [1.807, 2.05) is 0 Å². The molecule has 1 aromatic carbocycles. The number of phenols is 1. The molecule has 0 aliphatic carbocycles. The molecule has 2 rings (SSSR count). The van der Waals surface area contributed by atoms with Crippen molar-refractivity contribution in [3.63, 3.8) is 0 Å². The molecule has 0 spiro atoms. The van der Waals surface area contributed by atoms with Crippen LogP contribution in [-0.2, 0) is 9.84 Å². The van der Waals surface area contributed by atoms with Gasteiger partial charge in [0.1, 0.15) is 11.1 Å². The Kier molecular flexibility index (Phi) is 4.51. The highest BCUT2D eigenvalue weighted by Crippen LogP contribution is 2.27. The van der Waals surface area contributed by atoms with Crippen molar-refractivity contribution in [1.82, 2.24) is 4.90 Å². The normalized spacial score (nSPS) is 19.9. The first-order chi connectivity index (χ1) is 9.30. The number of benzene rings is 1. The lowest BCUT2D eigenvalue weighted by Crippen LogP contribution is -2.49. The largest absolute Gasteiger partial charge is 0.506 e. The number of hydrogen-bond acceptors (Lipinski definition) is 5. The van der Waals surface area contributed by atoms with E-state index in [4.69, 9.17) is 11.6 Å². The average Bonchev–Trinajstić information content (AvgIpc) is 2.40. The van der Waals surface area contributed by atoms with Crippen LogP contribution in [-0.4, -0.2) is 54.0 Å². The van der Waals surface area contributed by atoms with Crippen LogP contribution >= 0.6 is 23.4 Å². The molecule has 1 fully saturated rings. The molecule has 1 saturated heterocycles. The van der Waals surface area contributed by atoms with E-state index in [1.54, 1.807) is 0 Å². The molecule has 0 saturated carbocycles. The third kappa shape index (κ3) is 3.21. The fourth-order valence-corrected chi connectivity index (χ4v) is 4.97. The maximum atomic E-state index is 12.4. The second-order valence-electron chi connectivity index (χ2n) is 4.52. The molecule has 8 heteroatoms. The SMILES string of the molecule is CS(=O)(=O)C1CSCCN1C(=O)c1ccc(O)c(Cl)c1. The van der Waals surface area contributed by atoms with Crippen LogP contribution in [0.1, 0.15) is 10.4 Å². The van der Waals surface area contributed by atoms with Gasteiger partial charge < -0.3 is 10.0 Å². The van der Waals surface area contributed by atoms with Crippen molar-refractivity contribution in [1.29, 1.82) is 0 Å². The van der Waals surface area contributed by atoms with Crippen LogP contribution in [0.4, 0.5) is 0 Å². The maximum Gasteiger partial charge on any atom is 0.255 e. The maximum absolute atomic E-state index is 12.4. The molecule has 0 aromatic heterocycles. The van der Waals surface area contributed by atoms with Gasteiger partial charge in [0.2, 0.25) is 0 Å². The molecule has 1 heterocycles. The number of carbonyl (C=O) groups is 1. The Labute approximate surface area is 126 Å². The molecule has 1 unspecified atom stereocenters. The topological polar surface area (TPSA) is 74.7 Å². The van der Waals surface area contributed by atoms with Crippen molar-refractivity contribution in [3.8, 4) is 5.75 Å². The highest BCUT2D eigenvalue weighted by atomic mass is 35.5. The zero-order valence-electron chi connectivity index (χ0n) is 10.7. The number of halogens is 1. The Bertz CT molecular complexity index is 632. The number of aromatic hydroxyl groups is 1. The van der Waals surface area contributed by atoms with Gasteiger partial charge in [-0.1, -0.05) is 11.6 Å². The van der Waals surface area contributed by atoms with E-state index in [9.17, 15) is 18.3 Å². The van der Waals surface area contributed by atoms with Gasteiger partial charge in [-0.3, -0.25) is 4.79 Å². The van der Waals surface area contributed by atoms with E-state index in [0.29, 0.717) is 18.1 Å². The van der Waals surface area contributed by atoms with Gasteiger partial charge in [0.25, 0.3) is 5.91 Å². The van der Waals surface area contributed by atoms with E-state index in [-0.39, 0.29) is 22.2 Å². The zero-order valence-corrected chi connectivity index (χ0v) is 13.1. The quantitative estimate of drug-likeness (QED) is 0.888. The first-order valence-corrected chi connectivity index (χ1v) is 9.35. The van der Waals surface area contributed by atoms with Gasteiger partial charge in [-0.05, 0) is 18.2 Å². The summed E-state index contributed by atoms with van der Waals surface area (Å²) in [4.78, 5) is 13.8. The lowest BCUT2D eigenvalue weighted by atomic mass is 10.2. The van der Waals surface area contributed by atoms with Gasteiger partial charge in [0.05, 0.1) is 5.02 Å². The molecule has 0 bridgehead atoms. The zero-order chi connectivity index (χ0) is 14.9. The number of sulfone groups is 1. The molecule has 0 radical (unpaired) electrons. The van der Waals surface area contributed by atoms with Crippen molar-refractivity contribution in [2.45, 2.75) is 5.37 Å². The van der Waals surface area contributed by atoms with E-state index in [0.717, 1.165) is 6.26 Å². The van der Waals surface area contributed by atoms with E-state index < -0.39 is 15.2 Å². The molecule has 5 nitrogen and oxygen atoms in total. The average molecular weight is 336 g/mol. The second kappa shape index (κ2) is 5.83. The summed E-state index contributed by atoms with van der Waals surface area (Å²) < 4.78 is 23.6. The second-order valence-corrected chi connectivity index (χ2v) is 8.28. The number of thioether (sulfide) groups is 1. The molecule has 1 N–H and O–H groups in total. The lowest BCUT2D eigenvalue weighted by molar-refractivity contribution is 0.0749. The van der Waals surface area contributed by atoms with Gasteiger partial charge in [-0.2, -0.15) is 11.8 Å². The van der Waals surface area contributed by atoms with E-state index in [2.05, 4.69) is 0 Å². The summed E-state index contributed by atoms with van der Waals surface area (Å²) in [5.74, 6) is 0.569. The number of rotatable bonds is 2. The van der Waals surface area contributed by atoms with Crippen LogP contribution < -0.4 is 0 Å². The Balaban J connectivity index is 2.32. The summed E-state index contributed by atoms with van der Waals surface area (Å²) in [6.07, 6.45) is 1.13. The van der Waals surface area contributed by atoms with Crippen molar-refractivity contribution in [3.05, 3.63) is 28.8 Å². The number of nitrogens with zero attached hydrogens (tertiary/aromatic N) is 1. The van der Waals surface area contributed by atoms with E-state index in [1.165, 1.54) is 34.9 Å². The highest BCUT2D eigenvalue weighted by Gasteiger charge is 2.34. The highest BCUT2D eigenvalue weighted by molar-refractivity contribution is 8.00. The van der Waals surface area contributed by atoms with Gasteiger partial charge >= 0.3 is 0 Å². The molecule has 110 valence electrons. The first-order valence-electron chi connectivity index (χ1n) is 5.87. The summed E-state index contributed by atoms with van der Waals surface area (Å²) in [5, 5.41) is 8.61. The minimum absolute atomic E-state index is 0.0677. The lowest BCUT2D eigenvalue weighted by Gasteiger charge is -2.34. The first kappa shape index (κ1) is 15.5. The van der Waals surface area contributed by atoms with Gasteiger partial charge in [0, 0.05) is 29.9 Å². The van der Waals surface area contributed by atoms with Gasteiger partial charge in [-0.25, -0.2) is 8.42 Å². The third-order valence-electron chi connectivity index (χ3n) is 3.03. The van der Waals surface area contributed by atoms with E-state index >= 15 is 0 Å². The molecule has 1 atom stereocenters. The molecule has 1 aromatic rings.